The Morgan fingerprint density at radius 1 is 1.52 bits per heavy atom. The van der Waals surface area contributed by atoms with Gasteiger partial charge < -0.3 is 10.6 Å². The normalized spacial score (nSPS) is 21.3. The zero-order valence-electron chi connectivity index (χ0n) is 12.8. The fourth-order valence-corrected chi connectivity index (χ4v) is 2.91. The highest BCUT2D eigenvalue weighted by molar-refractivity contribution is 5.94. The van der Waals surface area contributed by atoms with Crippen LogP contribution in [-0.4, -0.2) is 35.4 Å². The zero-order valence-corrected chi connectivity index (χ0v) is 12.8. The quantitative estimate of drug-likeness (QED) is 0.846. The number of hydrogen-bond acceptors (Lipinski definition) is 3. The molecule has 1 aromatic heterocycles. The minimum Gasteiger partial charge on any atom is -0.337 e. The number of hydrogen-bond donors (Lipinski definition) is 1. The Morgan fingerprint density at radius 3 is 3.05 bits per heavy atom. The number of aromatic nitrogens is 1. The Kier molecular flexibility index (Phi) is 5.35. The van der Waals surface area contributed by atoms with Crippen molar-refractivity contribution < 1.29 is 4.79 Å². The third-order valence-corrected chi connectivity index (χ3v) is 4.11. The van der Waals surface area contributed by atoms with Gasteiger partial charge in [-0.25, -0.2) is 4.98 Å². The average Bonchev–Trinajstić information content (AvgIpc) is 2.51. The molecule has 0 aromatic carbocycles. The van der Waals surface area contributed by atoms with Crippen LogP contribution < -0.4 is 5.73 Å². The average molecular weight is 285 g/mol. The minimum atomic E-state index is -0.0454. The molecule has 0 radical (unpaired) electrons. The standard InChI is InChI=1S/C17H23N3O/c1-13-6-3-9-15(12-13)20(2)17(21)16-14(7-4-10-18)8-5-11-19-16/h5,8,11,13,15H,3,6,9-10,12,18H2,1-2H3. The van der Waals surface area contributed by atoms with Crippen LogP contribution in [0.25, 0.3) is 0 Å². The van der Waals surface area contributed by atoms with E-state index < -0.39 is 0 Å². The van der Waals surface area contributed by atoms with Crippen molar-refractivity contribution in [1.82, 2.24) is 9.88 Å². The summed E-state index contributed by atoms with van der Waals surface area (Å²) in [5.41, 5.74) is 6.49. The molecule has 112 valence electrons. The first-order valence-electron chi connectivity index (χ1n) is 7.54. The summed E-state index contributed by atoms with van der Waals surface area (Å²) in [6.07, 6.45) is 6.22. The molecule has 1 heterocycles. The SMILES string of the molecule is CC1CCCC(N(C)C(=O)c2ncccc2C#CCN)C1. The van der Waals surface area contributed by atoms with Crippen LogP contribution in [0.15, 0.2) is 18.3 Å². The lowest BCUT2D eigenvalue weighted by atomic mass is 9.86. The number of carbonyl (C=O) groups excluding carboxylic acids is 1. The molecule has 1 aromatic rings. The highest BCUT2D eigenvalue weighted by Gasteiger charge is 2.27. The fraction of sp³-hybridized carbons (Fsp3) is 0.529. The van der Waals surface area contributed by atoms with E-state index in [9.17, 15) is 4.79 Å². The molecule has 0 spiro atoms. The summed E-state index contributed by atoms with van der Waals surface area (Å²) in [5, 5.41) is 0. The summed E-state index contributed by atoms with van der Waals surface area (Å²) in [6, 6.07) is 3.92. The van der Waals surface area contributed by atoms with E-state index in [1.165, 1.54) is 12.8 Å². The molecule has 4 heteroatoms. The first kappa shape index (κ1) is 15.5. The maximum Gasteiger partial charge on any atom is 0.273 e. The van der Waals surface area contributed by atoms with Crippen molar-refractivity contribution in [1.29, 1.82) is 0 Å². The van der Waals surface area contributed by atoms with Crippen LogP contribution in [0.2, 0.25) is 0 Å². The molecular formula is C17H23N3O. The van der Waals surface area contributed by atoms with E-state index >= 15 is 0 Å². The molecule has 1 aliphatic carbocycles. The fourth-order valence-electron chi connectivity index (χ4n) is 2.91. The predicted octanol–water partition coefficient (Wildman–Crippen LogP) is 2.04. The number of carbonyl (C=O) groups is 1. The van der Waals surface area contributed by atoms with E-state index in [1.807, 2.05) is 18.0 Å². The number of pyridine rings is 1. The van der Waals surface area contributed by atoms with Crippen molar-refractivity contribution in [2.24, 2.45) is 11.7 Å². The van der Waals surface area contributed by atoms with Gasteiger partial charge in [-0.2, -0.15) is 0 Å². The number of nitrogens with zero attached hydrogens (tertiary/aromatic N) is 2. The molecule has 0 aliphatic heterocycles. The van der Waals surface area contributed by atoms with Gasteiger partial charge in [0.1, 0.15) is 5.69 Å². The van der Waals surface area contributed by atoms with E-state index in [4.69, 9.17) is 5.73 Å². The third-order valence-electron chi connectivity index (χ3n) is 4.11. The molecule has 1 fully saturated rings. The van der Waals surface area contributed by atoms with Crippen molar-refractivity contribution in [3.05, 3.63) is 29.6 Å². The van der Waals surface area contributed by atoms with Gasteiger partial charge in [-0.3, -0.25) is 4.79 Å². The van der Waals surface area contributed by atoms with Gasteiger partial charge >= 0.3 is 0 Å². The Labute approximate surface area is 126 Å². The second kappa shape index (κ2) is 7.24. The molecule has 1 saturated carbocycles. The van der Waals surface area contributed by atoms with Crippen LogP contribution >= 0.6 is 0 Å². The number of nitrogens with two attached hydrogens (primary N) is 1. The zero-order chi connectivity index (χ0) is 15.2. The molecule has 0 bridgehead atoms. The lowest BCUT2D eigenvalue weighted by Crippen LogP contribution is -2.40. The van der Waals surface area contributed by atoms with Crippen molar-refractivity contribution in [2.45, 2.75) is 38.6 Å². The van der Waals surface area contributed by atoms with Gasteiger partial charge in [0.2, 0.25) is 0 Å². The first-order valence-corrected chi connectivity index (χ1v) is 7.54. The maximum atomic E-state index is 12.7. The van der Waals surface area contributed by atoms with Crippen LogP contribution in [0.1, 0.15) is 48.7 Å². The van der Waals surface area contributed by atoms with Gasteiger partial charge in [0.15, 0.2) is 0 Å². The largest absolute Gasteiger partial charge is 0.337 e. The molecular weight excluding hydrogens is 262 g/mol. The van der Waals surface area contributed by atoms with Crippen LogP contribution in [-0.2, 0) is 0 Å². The van der Waals surface area contributed by atoms with Gasteiger partial charge in [0.05, 0.1) is 12.1 Å². The highest BCUT2D eigenvalue weighted by atomic mass is 16.2. The van der Waals surface area contributed by atoms with E-state index in [2.05, 4.69) is 23.7 Å². The van der Waals surface area contributed by atoms with Crippen molar-refractivity contribution in [3.8, 4) is 11.8 Å². The molecule has 1 aliphatic rings. The molecule has 1 amide bonds. The van der Waals surface area contributed by atoms with Gasteiger partial charge in [0.25, 0.3) is 5.91 Å². The first-order chi connectivity index (χ1) is 10.1. The molecule has 2 atom stereocenters. The van der Waals surface area contributed by atoms with Crippen molar-refractivity contribution in [2.75, 3.05) is 13.6 Å². The summed E-state index contributed by atoms with van der Waals surface area (Å²) in [7, 11) is 1.87. The molecule has 2 unspecified atom stereocenters. The molecule has 2 rings (SSSR count). The summed E-state index contributed by atoms with van der Waals surface area (Å²) < 4.78 is 0. The summed E-state index contributed by atoms with van der Waals surface area (Å²) >= 11 is 0. The summed E-state index contributed by atoms with van der Waals surface area (Å²) in [5.74, 6) is 6.36. The second-order valence-electron chi connectivity index (χ2n) is 5.75. The predicted molar refractivity (Wildman–Crippen MR) is 83.7 cm³/mol. The minimum absolute atomic E-state index is 0.0454. The maximum absolute atomic E-state index is 12.7. The molecule has 0 saturated heterocycles. The third kappa shape index (κ3) is 3.83. The monoisotopic (exact) mass is 285 g/mol. The second-order valence-corrected chi connectivity index (χ2v) is 5.75. The Bertz CT molecular complexity index is 559. The number of rotatable bonds is 2. The van der Waals surface area contributed by atoms with Crippen molar-refractivity contribution in [3.63, 3.8) is 0 Å². The van der Waals surface area contributed by atoms with Crippen LogP contribution in [0.3, 0.4) is 0 Å². The van der Waals surface area contributed by atoms with Gasteiger partial charge in [-0.05, 0) is 30.9 Å². The van der Waals surface area contributed by atoms with E-state index in [-0.39, 0.29) is 12.5 Å². The van der Waals surface area contributed by atoms with Gasteiger partial charge in [-0.15, -0.1) is 0 Å². The molecule has 21 heavy (non-hydrogen) atoms. The Balaban J connectivity index is 2.19. The van der Waals surface area contributed by atoms with Gasteiger partial charge in [-0.1, -0.05) is 31.6 Å². The molecule has 4 nitrogen and oxygen atoms in total. The van der Waals surface area contributed by atoms with E-state index in [0.29, 0.717) is 23.2 Å². The highest BCUT2D eigenvalue weighted by Crippen LogP contribution is 2.27. The van der Waals surface area contributed by atoms with Crippen LogP contribution in [0.5, 0.6) is 0 Å². The number of amides is 1. The Hall–Kier alpha value is -1.86. The van der Waals surface area contributed by atoms with Crippen molar-refractivity contribution >= 4 is 5.91 Å². The summed E-state index contributed by atoms with van der Waals surface area (Å²) in [4.78, 5) is 18.8. The lowest BCUT2D eigenvalue weighted by molar-refractivity contribution is 0.0666. The van der Waals surface area contributed by atoms with Gasteiger partial charge in [0, 0.05) is 19.3 Å². The molecule has 2 N–H and O–H groups in total. The summed E-state index contributed by atoms with van der Waals surface area (Å²) in [6.45, 7) is 2.53. The lowest BCUT2D eigenvalue weighted by Gasteiger charge is -2.34. The van der Waals surface area contributed by atoms with E-state index in [1.54, 1.807) is 12.3 Å². The topological polar surface area (TPSA) is 59.2 Å². The Morgan fingerprint density at radius 2 is 2.33 bits per heavy atom. The van der Waals surface area contributed by atoms with E-state index in [0.717, 1.165) is 12.8 Å². The van der Waals surface area contributed by atoms with Crippen LogP contribution in [0.4, 0.5) is 0 Å². The van der Waals surface area contributed by atoms with Crippen LogP contribution in [0, 0.1) is 17.8 Å². The smallest absolute Gasteiger partial charge is 0.273 e.